The first-order valence-electron chi connectivity index (χ1n) is 6.18. The molecule has 7 heteroatoms. The molecule has 1 aromatic rings. The SMILES string of the molecule is CC(C(N)=O)N1CCN(C(=O)c2cnccn2)CC1. The molecule has 1 aromatic heterocycles. The highest BCUT2D eigenvalue weighted by Gasteiger charge is 2.27. The first-order chi connectivity index (χ1) is 9.09. The number of nitrogens with zero attached hydrogens (tertiary/aromatic N) is 4. The summed E-state index contributed by atoms with van der Waals surface area (Å²) in [5, 5.41) is 0. The molecule has 0 aliphatic carbocycles. The molecule has 2 heterocycles. The Morgan fingerprint density at radius 3 is 2.47 bits per heavy atom. The molecule has 102 valence electrons. The summed E-state index contributed by atoms with van der Waals surface area (Å²) in [7, 11) is 0. The van der Waals surface area contributed by atoms with Gasteiger partial charge in [0.25, 0.3) is 5.91 Å². The minimum Gasteiger partial charge on any atom is -0.368 e. The molecule has 0 aromatic carbocycles. The summed E-state index contributed by atoms with van der Waals surface area (Å²) in [6, 6.07) is -0.297. The molecular weight excluding hydrogens is 246 g/mol. The number of aromatic nitrogens is 2. The maximum absolute atomic E-state index is 12.1. The molecule has 7 nitrogen and oxygen atoms in total. The van der Waals surface area contributed by atoms with Gasteiger partial charge in [0.1, 0.15) is 5.69 Å². The van der Waals surface area contributed by atoms with Gasteiger partial charge in [-0.2, -0.15) is 0 Å². The van der Waals surface area contributed by atoms with Crippen LogP contribution in [0.25, 0.3) is 0 Å². The second-order valence-electron chi connectivity index (χ2n) is 4.50. The number of primary amides is 1. The fourth-order valence-electron chi connectivity index (χ4n) is 2.06. The van der Waals surface area contributed by atoms with Gasteiger partial charge in [0.15, 0.2) is 0 Å². The van der Waals surface area contributed by atoms with Crippen LogP contribution in [0.5, 0.6) is 0 Å². The molecular formula is C12H17N5O2. The minimum absolute atomic E-state index is 0.125. The molecule has 0 radical (unpaired) electrons. The molecule has 1 saturated heterocycles. The lowest BCUT2D eigenvalue weighted by Gasteiger charge is -2.36. The van der Waals surface area contributed by atoms with Crippen LogP contribution in [0, 0.1) is 0 Å². The van der Waals surface area contributed by atoms with Gasteiger partial charge in [0, 0.05) is 38.6 Å². The van der Waals surface area contributed by atoms with Crippen LogP contribution in [0.15, 0.2) is 18.6 Å². The molecule has 1 aliphatic rings. The Morgan fingerprint density at radius 2 is 1.95 bits per heavy atom. The van der Waals surface area contributed by atoms with E-state index in [0.29, 0.717) is 31.9 Å². The van der Waals surface area contributed by atoms with E-state index in [9.17, 15) is 9.59 Å². The molecule has 1 unspecified atom stereocenters. The van der Waals surface area contributed by atoms with Gasteiger partial charge in [-0.15, -0.1) is 0 Å². The highest BCUT2D eigenvalue weighted by molar-refractivity contribution is 5.92. The summed E-state index contributed by atoms with van der Waals surface area (Å²) < 4.78 is 0. The Balaban J connectivity index is 1.93. The molecule has 0 spiro atoms. The zero-order valence-corrected chi connectivity index (χ0v) is 10.8. The summed E-state index contributed by atoms with van der Waals surface area (Å²) in [6.07, 6.45) is 4.49. The van der Waals surface area contributed by atoms with Gasteiger partial charge in [-0.1, -0.05) is 0 Å². The Hall–Kier alpha value is -2.02. The van der Waals surface area contributed by atoms with Crippen LogP contribution < -0.4 is 5.73 Å². The summed E-state index contributed by atoms with van der Waals surface area (Å²) in [6.45, 7) is 4.18. The van der Waals surface area contributed by atoms with E-state index < -0.39 is 0 Å². The van der Waals surface area contributed by atoms with Crippen molar-refractivity contribution in [1.82, 2.24) is 19.8 Å². The standard InChI is InChI=1S/C12H17N5O2/c1-9(11(13)18)16-4-6-17(7-5-16)12(19)10-8-14-2-3-15-10/h2-3,8-9H,4-7H2,1H3,(H2,13,18). The predicted molar refractivity (Wildman–Crippen MR) is 68.2 cm³/mol. The lowest BCUT2D eigenvalue weighted by molar-refractivity contribution is -0.123. The van der Waals surface area contributed by atoms with Crippen molar-refractivity contribution in [2.24, 2.45) is 5.73 Å². The number of piperazine rings is 1. The molecule has 2 amide bonds. The van der Waals surface area contributed by atoms with E-state index in [1.165, 1.54) is 18.6 Å². The molecule has 1 atom stereocenters. The van der Waals surface area contributed by atoms with Crippen molar-refractivity contribution in [3.63, 3.8) is 0 Å². The lowest BCUT2D eigenvalue weighted by Crippen LogP contribution is -2.54. The largest absolute Gasteiger partial charge is 0.368 e. The van der Waals surface area contributed by atoms with Crippen molar-refractivity contribution in [3.8, 4) is 0 Å². The van der Waals surface area contributed by atoms with Gasteiger partial charge in [-0.25, -0.2) is 4.98 Å². The third-order valence-electron chi connectivity index (χ3n) is 3.34. The monoisotopic (exact) mass is 263 g/mol. The molecule has 0 saturated carbocycles. The summed E-state index contributed by atoms with van der Waals surface area (Å²) >= 11 is 0. The fraction of sp³-hybridized carbons (Fsp3) is 0.500. The van der Waals surface area contributed by atoms with Gasteiger partial charge in [0.05, 0.1) is 12.2 Å². The van der Waals surface area contributed by atoms with Crippen molar-refractivity contribution < 1.29 is 9.59 Å². The van der Waals surface area contributed by atoms with Crippen molar-refractivity contribution >= 4 is 11.8 Å². The minimum atomic E-state index is -0.339. The average Bonchev–Trinajstić information content (AvgIpc) is 2.46. The fourth-order valence-corrected chi connectivity index (χ4v) is 2.06. The van der Waals surface area contributed by atoms with Gasteiger partial charge < -0.3 is 10.6 Å². The van der Waals surface area contributed by atoms with Crippen LogP contribution in [0.3, 0.4) is 0 Å². The van der Waals surface area contributed by atoms with Crippen molar-refractivity contribution in [2.45, 2.75) is 13.0 Å². The number of amides is 2. The van der Waals surface area contributed by atoms with Crippen molar-refractivity contribution in [1.29, 1.82) is 0 Å². The highest BCUT2D eigenvalue weighted by atomic mass is 16.2. The van der Waals surface area contributed by atoms with E-state index in [4.69, 9.17) is 5.73 Å². The van der Waals surface area contributed by atoms with Crippen LogP contribution >= 0.6 is 0 Å². The average molecular weight is 263 g/mol. The van der Waals surface area contributed by atoms with E-state index in [1.54, 1.807) is 11.8 Å². The highest BCUT2D eigenvalue weighted by Crippen LogP contribution is 2.08. The van der Waals surface area contributed by atoms with Gasteiger partial charge in [-0.3, -0.25) is 19.5 Å². The second kappa shape index (κ2) is 5.75. The number of carbonyl (C=O) groups is 2. The normalized spacial score (nSPS) is 18.1. The number of hydrogen-bond donors (Lipinski definition) is 1. The van der Waals surface area contributed by atoms with Crippen molar-refractivity contribution in [3.05, 3.63) is 24.3 Å². The molecule has 1 aliphatic heterocycles. The van der Waals surface area contributed by atoms with Crippen LogP contribution in [0.1, 0.15) is 17.4 Å². The van der Waals surface area contributed by atoms with Crippen LogP contribution in [0.2, 0.25) is 0 Å². The quantitative estimate of drug-likeness (QED) is 0.763. The number of nitrogens with two attached hydrogens (primary N) is 1. The zero-order valence-electron chi connectivity index (χ0n) is 10.8. The molecule has 2 rings (SSSR count). The Labute approximate surface area is 111 Å². The third kappa shape index (κ3) is 3.05. The van der Waals surface area contributed by atoms with Crippen LogP contribution in [0.4, 0.5) is 0 Å². The number of rotatable bonds is 3. The maximum atomic E-state index is 12.1. The Kier molecular flexibility index (Phi) is 4.06. The summed E-state index contributed by atoms with van der Waals surface area (Å²) in [5.74, 6) is -0.465. The van der Waals surface area contributed by atoms with E-state index in [0.717, 1.165) is 0 Å². The topological polar surface area (TPSA) is 92.4 Å². The van der Waals surface area contributed by atoms with Gasteiger partial charge in [-0.05, 0) is 6.92 Å². The first-order valence-corrected chi connectivity index (χ1v) is 6.18. The van der Waals surface area contributed by atoms with E-state index in [-0.39, 0.29) is 17.9 Å². The number of hydrogen-bond acceptors (Lipinski definition) is 5. The maximum Gasteiger partial charge on any atom is 0.274 e. The summed E-state index contributed by atoms with van der Waals surface area (Å²) in [4.78, 5) is 34.8. The lowest BCUT2D eigenvalue weighted by atomic mass is 10.2. The van der Waals surface area contributed by atoms with Crippen LogP contribution in [-0.2, 0) is 4.79 Å². The molecule has 19 heavy (non-hydrogen) atoms. The Morgan fingerprint density at radius 1 is 1.26 bits per heavy atom. The molecule has 2 N–H and O–H groups in total. The number of carbonyl (C=O) groups excluding carboxylic acids is 2. The van der Waals surface area contributed by atoms with Gasteiger partial charge in [0.2, 0.25) is 5.91 Å². The molecule has 0 bridgehead atoms. The zero-order chi connectivity index (χ0) is 13.8. The smallest absolute Gasteiger partial charge is 0.274 e. The van der Waals surface area contributed by atoms with Crippen LogP contribution in [-0.4, -0.2) is 63.8 Å². The third-order valence-corrected chi connectivity index (χ3v) is 3.34. The summed E-state index contributed by atoms with van der Waals surface area (Å²) in [5.41, 5.74) is 5.62. The second-order valence-corrected chi connectivity index (χ2v) is 4.50. The van der Waals surface area contributed by atoms with E-state index >= 15 is 0 Å². The molecule has 1 fully saturated rings. The van der Waals surface area contributed by atoms with Gasteiger partial charge >= 0.3 is 0 Å². The first kappa shape index (κ1) is 13.4. The Bertz CT molecular complexity index is 456. The van der Waals surface area contributed by atoms with Crippen molar-refractivity contribution in [2.75, 3.05) is 26.2 Å². The van der Waals surface area contributed by atoms with E-state index in [2.05, 4.69) is 9.97 Å². The van der Waals surface area contributed by atoms with E-state index in [1.807, 2.05) is 4.90 Å². The predicted octanol–water partition coefficient (Wildman–Crippen LogP) is -0.892.